The van der Waals surface area contributed by atoms with Crippen molar-refractivity contribution in [2.24, 2.45) is 0 Å². The smallest absolute Gasteiger partial charge is 0.276 e. The number of ether oxygens (including phenoxy) is 1. The van der Waals surface area contributed by atoms with E-state index in [0.29, 0.717) is 10.9 Å². The Morgan fingerprint density at radius 1 is 1.33 bits per heavy atom. The first-order valence-corrected chi connectivity index (χ1v) is 7.63. The predicted octanol–water partition coefficient (Wildman–Crippen LogP) is 2.43. The van der Waals surface area contributed by atoms with Gasteiger partial charge in [0, 0.05) is 5.54 Å². The zero-order valence-electron chi connectivity index (χ0n) is 12.5. The van der Waals surface area contributed by atoms with Gasteiger partial charge in [-0.25, -0.2) is 0 Å². The van der Waals surface area contributed by atoms with Crippen molar-refractivity contribution in [2.45, 2.75) is 33.2 Å². The third-order valence-corrected chi connectivity index (χ3v) is 3.07. The average molecular weight is 374 g/mol. The molecule has 1 rings (SSSR count). The summed E-state index contributed by atoms with van der Waals surface area (Å²) in [5, 5.41) is 3.37. The van der Waals surface area contributed by atoms with Crippen molar-refractivity contribution < 1.29 is 9.53 Å². The Labute approximate surface area is 138 Å². The van der Waals surface area contributed by atoms with Gasteiger partial charge in [0.15, 0.2) is 11.7 Å². The highest BCUT2D eigenvalue weighted by atomic mass is 79.9. The first-order chi connectivity index (χ1) is 9.67. The molecule has 0 aliphatic carbocycles. The van der Waals surface area contributed by atoms with E-state index in [4.69, 9.17) is 17.0 Å². The molecule has 1 aromatic rings. The summed E-state index contributed by atoms with van der Waals surface area (Å²) in [7, 11) is 0. The summed E-state index contributed by atoms with van der Waals surface area (Å²) in [6, 6.07) is 5.65. The molecule has 1 amide bonds. The first kappa shape index (κ1) is 17.7. The summed E-state index contributed by atoms with van der Waals surface area (Å²) < 4.78 is 6.24. The van der Waals surface area contributed by atoms with E-state index in [1.807, 2.05) is 45.9 Å². The van der Waals surface area contributed by atoms with Gasteiger partial charge in [-0.1, -0.05) is 6.07 Å². The van der Waals surface area contributed by atoms with Gasteiger partial charge < -0.3 is 10.1 Å². The van der Waals surface area contributed by atoms with Crippen LogP contribution in [0.5, 0.6) is 5.75 Å². The van der Waals surface area contributed by atoms with Crippen LogP contribution in [0.2, 0.25) is 0 Å². The van der Waals surface area contributed by atoms with Crippen LogP contribution in [0.15, 0.2) is 22.7 Å². The third-order valence-electron chi connectivity index (χ3n) is 2.25. The molecule has 21 heavy (non-hydrogen) atoms. The lowest BCUT2D eigenvalue weighted by Gasteiger charge is -2.23. The fourth-order valence-corrected chi connectivity index (χ4v) is 2.37. The molecule has 0 aliphatic rings. The number of benzene rings is 1. The lowest BCUT2D eigenvalue weighted by Crippen LogP contribution is -2.52. The minimum atomic E-state index is -0.319. The molecular weight excluding hydrogens is 354 g/mol. The SMILES string of the molecule is Cc1ccc(OCC(=O)NNC(=S)NC(C)(C)C)c(Br)c1. The van der Waals surface area contributed by atoms with Gasteiger partial charge in [0.05, 0.1) is 4.47 Å². The lowest BCUT2D eigenvalue weighted by atomic mass is 10.1. The molecule has 0 atom stereocenters. The number of carbonyl (C=O) groups is 1. The number of halogens is 1. The maximum Gasteiger partial charge on any atom is 0.276 e. The molecule has 116 valence electrons. The van der Waals surface area contributed by atoms with Gasteiger partial charge in [-0.15, -0.1) is 0 Å². The summed E-state index contributed by atoms with van der Waals surface area (Å²) in [4.78, 5) is 11.7. The van der Waals surface area contributed by atoms with Crippen LogP contribution in [0.3, 0.4) is 0 Å². The van der Waals surface area contributed by atoms with Crippen molar-refractivity contribution in [1.29, 1.82) is 0 Å². The van der Waals surface area contributed by atoms with Gasteiger partial charge >= 0.3 is 0 Å². The van der Waals surface area contributed by atoms with Crippen LogP contribution in [0, 0.1) is 6.92 Å². The second-order valence-electron chi connectivity index (χ2n) is 5.60. The van der Waals surface area contributed by atoms with Crippen molar-refractivity contribution >= 4 is 39.2 Å². The number of hydrazine groups is 1. The molecule has 0 saturated carbocycles. The fraction of sp³-hybridized carbons (Fsp3) is 0.429. The summed E-state index contributed by atoms with van der Waals surface area (Å²) in [6.07, 6.45) is 0. The Kier molecular flexibility index (Phi) is 6.42. The Balaban J connectivity index is 2.36. The molecule has 3 N–H and O–H groups in total. The lowest BCUT2D eigenvalue weighted by molar-refractivity contribution is -0.123. The van der Waals surface area contributed by atoms with Gasteiger partial charge in [0.25, 0.3) is 5.91 Å². The van der Waals surface area contributed by atoms with Gasteiger partial charge in [0.2, 0.25) is 0 Å². The van der Waals surface area contributed by atoms with Gasteiger partial charge in [-0.05, 0) is 73.5 Å². The average Bonchev–Trinajstić information content (AvgIpc) is 2.33. The van der Waals surface area contributed by atoms with E-state index in [2.05, 4.69) is 32.1 Å². The van der Waals surface area contributed by atoms with E-state index in [1.54, 1.807) is 0 Å². The minimum absolute atomic E-state index is 0.104. The van der Waals surface area contributed by atoms with E-state index < -0.39 is 0 Å². The maximum absolute atomic E-state index is 11.7. The fourth-order valence-electron chi connectivity index (χ4n) is 1.40. The van der Waals surface area contributed by atoms with Crippen LogP contribution in [0.1, 0.15) is 26.3 Å². The zero-order valence-corrected chi connectivity index (χ0v) is 14.9. The van der Waals surface area contributed by atoms with Crippen molar-refractivity contribution in [3.8, 4) is 5.75 Å². The van der Waals surface area contributed by atoms with Crippen LogP contribution in [0.4, 0.5) is 0 Å². The molecule has 1 aromatic carbocycles. The summed E-state index contributed by atoms with van der Waals surface area (Å²) in [5.41, 5.74) is 6.04. The van der Waals surface area contributed by atoms with Crippen molar-refractivity contribution in [3.05, 3.63) is 28.2 Å². The molecule has 0 spiro atoms. The topological polar surface area (TPSA) is 62.4 Å². The number of hydrogen-bond donors (Lipinski definition) is 3. The second-order valence-corrected chi connectivity index (χ2v) is 6.86. The molecule has 0 bridgehead atoms. The van der Waals surface area contributed by atoms with Crippen LogP contribution in [-0.4, -0.2) is 23.2 Å². The van der Waals surface area contributed by atoms with Crippen molar-refractivity contribution in [1.82, 2.24) is 16.2 Å². The number of thiocarbonyl (C=S) groups is 1. The largest absolute Gasteiger partial charge is 0.483 e. The number of nitrogens with one attached hydrogen (secondary N) is 3. The highest BCUT2D eigenvalue weighted by molar-refractivity contribution is 9.10. The summed E-state index contributed by atoms with van der Waals surface area (Å²) in [6.45, 7) is 7.80. The molecule has 0 unspecified atom stereocenters. The molecule has 0 radical (unpaired) electrons. The standard InChI is InChI=1S/C14H20BrN3O2S/c1-9-5-6-11(10(15)7-9)20-8-12(19)17-18-13(21)16-14(2,3)4/h5-7H,8H2,1-4H3,(H,17,19)(H2,16,18,21). The Morgan fingerprint density at radius 2 is 2.00 bits per heavy atom. The normalized spacial score (nSPS) is 10.7. The number of amides is 1. The third kappa shape index (κ3) is 7.29. The van der Waals surface area contributed by atoms with E-state index >= 15 is 0 Å². The van der Waals surface area contributed by atoms with Crippen molar-refractivity contribution in [2.75, 3.05) is 6.61 Å². The summed E-state index contributed by atoms with van der Waals surface area (Å²) >= 11 is 8.44. The molecule has 0 saturated heterocycles. The second kappa shape index (κ2) is 7.61. The molecular formula is C14H20BrN3O2S. The zero-order chi connectivity index (χ0) is 16.0. The van der Waals surface area contributed by atoms with Crippen LogP contribution < -0.4 is 20.9 Å². The Morgan fingerprint density at radius 3 is 2.57 bits per heavy atom. The maximum atomic E-state index is 11.7. The predicted molar refractivity (Wildman–Crippen MR) is 91.1 cm³/mol. The molecule has 7 heteroatoms. The highest BCUT2D eigenvalue weighted by Gasteiger charge is 2.11. The Bertz CT molecular complexity index is 529. The molecule has 5 nitrogen and oxygen atoms in total. The van der Waals surface area contributed by atoms with Gasteiger partial charge in [-0.2, -0.15) is 0 Å². The van der Waals surface area contributed by atoms with Crippen LogP contribution >= 0.6 is 28.1 Å². The number of rotatable bonds is 3. The minimum Gasteiger partial charge on any atom is -0.483 e. The van der Waals surface area contributed by atoms with Gasteiger partial charge in [0.1, 0.15) is 5.75 Å². The van der Waals surface area contributed by atoms with Crippen LogP contribution in [0.25, 0.3) is 0 Å². The Hall–Kier alpha value is -1.34. The number of hydrogen-bond acceptors (Lipinski definition) is 3. The van der Waals surface area contributed by atoms with E-state index in [9.17, 15) is 4.79 Å². The van der Waals surface area contributed by atoms with E-state index in [0.717, 1.165) is 10.0 Å². The van der Waals surface area contributed by atoms with Crippen molar-refractivity contribution in [3.63, 3.8) is 0 Å². The summed E-state index contributed by atoms with van der Waals surface area (Å²) in [5.74, 6) is 0.298. The molecule has 0 aliphatic heterocycles. The number of carbonyl (C=O) groups excluding carboxylic acids is 1. The number of aryl methyl sites for hydroxylation is 1. The first-order valence-electron chi connectivity index (χ1n) is 6.43. The quantitative estimate of drug-likeness (QED) is 0.560. The highest BCUT2D eigenvalue weighted by Crippen LogP contribution is 2.25. The van der Waals surface area contributed by atoms with E-state index in [1.165, 1.54) is 0 Å². The van der Waals surface area contributed by atoms with E-state index in [-0.39, 0.29) is 18.1 Å². The van der Waals surface area contributed by atoms with Crippen LogP contribution in [-0.2, 0) is 4.79 Å². The molecule has 0 heterocycles. The molecule has 0 fully saturated rings. The van der Waals surface area contributed by atoms with Gasteiger partial charge in [-0.3, -0.25) is 15.6 Å². The monoisotopic (exact) mass is 373 g/mol. The molecule has 0 aromatic heterocycles.